The van der Waals surface area contributed by atoms with Crippen molar-refractivity contribution in [3.63, 3.8) is 0 Å². The first-order chi connectivity index (χ1) is 5.62. The van der Waals surface area contributed by atoms with E-state index in [1.807, 2.05) is 19.0 Å². The summed E-state index contributed by atoms with van der Waals surface area (Å²) >= 11 is 0. The SMILES string of the molecule is CN(C)c1noc(C2(C)CC2)n1. The molecule has 0 amide bonds. The summed E-state index contributed by atoms with van der Waals surface area (Å²) in [6.07, 6.45) is 2.34. The molecule has 0 N–H and O–H groups in total. The zero-order chi connectivity index (χ0) is 8.77. The van der Waals surface area contributed by atoms with Crippen LogP contribution in [-0.4, -0.2) is 24.2 Å². The average molecular weight is 167 g/mol. The molecule has 12 heavy (non-hydrogen) atoms. The zero-order valence-electron chi connectivity index (χ0n) is 7.66. The number of aromatic nitrogens is 2. The highest BCUT2D eigenvalue weighted by molar-refractivity contribution is 5.26. The fraction of sp³-hybridized carbons (Fsp3) is 0.750. The Morgan fingerprint density at radius 3 is 2.50 bits per heavy atom. The smallest absolute Gasteiger partial charge is 0.265 e. The molecule has 4 nitrogen and oxygen atoms in total. The van der Waals surface area contributed by atoms with Crippen LogP contribution in [0.2, 0.25) is 0 Å². The van der Waals surface area contributed by atoms with Gasteiger partial charge >= 0.3 is 0 Å². The third-order valence-electron chi connectivity index (χ3n) is 2.33. The zero-order valence-corrected chi connectivity index (χ0v) is 7.66. The van der Waals surface area contributed by atoms with Crippen molar-refractivity contribution in [3.8, 4) is 0 Å². The predicted octanol–water partition coefficient (Wildman–Crippen LogP) is 1.19. The van der Waals surface area contributed by atoms with Crippen LogP contribution in [0, 0.1) is 0 Å². The first-order valence-corrected chi connectivity index (χ1v) is 4.13. The van der Waals surface area contributed by atoms with Crippen molar-refractivity contribution in [2.45, 2.75) is 25.2 Å². The highest BCUT2D eigenvalue weighted by Gasteiger charge is 2.44. The lowest BCUT2D eigenvalue weighted by Gasteiger charge is -2.03. The first-order valence-electron chi connectivity index (χ1n) is 4.13. The van der Waals surface area contributed by atoms with Crippen molar-refractivity contribution in [2.75, 3.05) is 19.0 Å². The van der Waals surface area contributed by atoms with E-state index >= 15 is 0 Å². The van der Waals surface area contributed by atoms with Gasteiger partial charge in [-0.2, -0.15) is 4.98 Å². The van der Waals surface area contributed by atoms with Crippen molar-refractivity contribution in [1.29, 1.82) is 0 Å². The maximum absolute atomic E-state index is 5.15. The van der Waals surface area contributed by atoms with Crippen LogP contribution in [0.25, 0.3) is 0 Å². The molecular formula is C8H13N3O. The average Bonchev–Trinajstić information content (AvgIpc) is 2.61. The van der Waals surface area contributed by atoms with Gasteiger partial charge in [0.1, 0.15) is 0 Å². The van der Waals surface area contributed by atoms with Crippen molar-refractivity contribution >= 4 is 5.95 Å². The van der Waals surface area contributed by atoms with Crippen LogP contribution in [0.15, 0.2) is 4.52 Å². The van der Waals surface area contributed by atoms with Gasteiger partial charge < -0.3 is 9.42 Å². The molecule has 0 spiro atoms. The van der Waals surface area contributed by atoms with Gasteiger partial charge in [0, 0.05) is 19.5 Å². The Morgan fingerprint density at radius 2 is 2.08 bits per heavy atom. The minimum atomic E-state index is 0.182. The van der Waals surface area contributed by atoms with Gasteiger partial charge in [-0.1, -0.05) is 6.92 Å². The van der Waals surface area contributed by atoms with Crippen LogP contribution in [0.3, 0.4) is 0 Å². The minimum absolute atomic E-state index is 0.182. The summed E-state index contributed by atoms with van der Waals surface area (Å²) in [7, 11) is 3.81. The molecule has 1 aromatic rings. The largest absolute Gasteiger partial charge is 0.344 e. The molecule has 0 radical (unpaired) electrons. The second-order valence-corrected chi connectivity index (χ2v) is 3.85. The molecule has 1 heterocycles. The summed E-state index contributed by atoms with van der Waals surface area (Å²) < 4.78 is 5.15. The molecule has 0 saturated heterocycles. The molecule has 1 aromatic heterocycles. The van der Waals surface area contributed by atoms with E-state index < -0.39 is 0 Å². The quantitative estimate of drug-likeness (QED) is 0.663. The van der Waals surface area contributed by atoms with E-state index in [0.717, 1.165) is 5.89 Å². The molecule has 1 aliphatic carbocycles. The molecule has 4 heteroatoms. The van der Waals surface area contributed by atoms with Crippen molar-refractivity contribution in [3.05, 3.63) is 5.89 Å². The van der Waals surface area contributed by atoms with Crippen LogP contribution < -0.4 is 4.90 Å². The summed E-state index contributed by atoms with van der Waals surface area (Å²) in [5.74, 6) is 1.45. The fourth-order valence-corrected chi connectivity index (χ4v) is 1.04. The van der Waals surface area contributed by atoms with Crippen LogP contribution in [0.1, 0.15) is 25.7 Å². The summed E-state index contributed by atoms with van der Waals surface area (Å²) in [6, 6.07) is 0. The monoisotopic (exact) mass is 167 g/mol. The van der Waals surface area contributed by atoms with E-state index in [1.54, 1.807) is 0 Å². The topological polar surface area (TPSA) is 42.2 Å². The molecule has 66 valence electrons. The molecule has 2 rings (SSSR count). The number of hydrogen-bond donors (Lipinski definition) is 0. The number of nitrogens with zero attached hydrogens (tertiary/aromatic N) is 3. The molecule has 0 unspecified atom stereocenters. The van der Waals surface area contributed by atoms with E-state index in [9.17, 15) is 0 Å². The van der Waals surface area contributed by atoms with E-state index in [0.29, 0.717) is 5.95 Å². The molecule has 0 aliphatic heterocycles. The predicted molar refractivity (Wildman–Crippen MR) is 45.2 cm³/mol. The van der Waals surface area contributed by atoms with Gasteiger partial charge in [0.2, 0.25) is 5.89 Å². The molecule has 1 aliphatic rings. The molecule has 0 atom stereocenters. The molecule has 1 fully saturated rings. The van der Waals surface area contributed by atoms with E-state index in [-0.39, 0.29) is 5.41 Å². The van der Waals surface area contributed by atoms with Gasteiger partial charge in [0.25, 0.3) is 5.95 Å². The standard InChI is InChI=1S/C8H13N3O/c1-8(4-5-8)6-9-7(10-12-6)11(2)3/h4-5H2,1-3H3. The van der Waals surface area contributed by atoms with Crippen molar-refractivity contribution in [2.24, 2.45) is 0 Å². The van der Waals surface area contributed by atoms with Gasteiger partial charge in [-0.15, -0.1) is 0 Å². The lowest BCUT2D eigenvalue weighted by atomic mass is 10.1. The maximum Gasteiger partial charge on any atom is 0.265 e. The highest BCUT2D eigenvalue weighted by atomic mass is 16.5. The number of rotatable bonds is 2. The minimum Gasteiger partial charge on any atom is -0.344 e. The van der Waals surface area contributed by atoms with Crippen LogP contribution >= 0.6 is 0 Å². The third-order valence-corrected chi connectivity index (χ3v) is 2.33. The Morgan fingerprint density at radius 1 is 1.42 bits per heavy atom. The van der Waals surface area contributed by atoms with Crippen molar-refractivity contribution < 1.29 is 4.52 Å². The van der Waals surface area contributed by atoms with Gasteiger partial charge in [-0.05, 0) is 18.0 Å². The second kappa shape index (κ2) is 2.21. The second-order valence-electron chi connectivity index (χ2n) is 3.85. The molecule has 0 aromatic carbocycles. The highest BCUT2D eigenvalue weighted by Crippen LogP contribution is 2.46. The summed E-state index contributed by atoms with van der Waals surface area (Å²) in [5, 5.41) is 3.86. The molecule has 1 saturated carbocycles. The normalized spacial score (nSPS) is 19.2. The van der Waals surface area contributed by atoms with Gasteiger partial charge in [-0.3, -0.25) is 0 Å². The van der Waals surface area contributed by atoms with Crippen LogP contribution in [-0.2, 0) is 5.41 Å². The lowest BCUT2D eigenvalue weighted by Crippen LogP contribution is -2.10. The summed E-state index contributed by atoms with van der Waals surface area (Å²) in [4.78, 5) is 6.14. The van der Waals surface area contributed by atoms with Crippen LogP contribution in [0.5, 0.6) is 0 Å². The Balaban J connectivity index is 2.25. The van der Waals surface area contributed by atoms with Gasteiger partial charge in [-0.25, -0.2) is 0 Å². The van der Waals surface area contributed by atoms with Gasteiger partial charge in [0.15, 0.2) is 0 Å². The molecular weight excluding hydrogens is 154 g/mol. The Bertz CT molecular complexity index is 288. The maximum atomic E-state index is 5.15. The van der Waals surface area contributed by atoms with Crippen LogP contribution in [0.4, 0.5) is 5.95 Å². The number of hydrogen-bond acceptors (Lipinski definition) is 4. The van der Waals surface area contributed by atoms with E-state index in [1.165, 1.54) is 12.8 Å². The third kappa shape index (κ3) is 1.07. The van der Waals surface area contributed by atoms with E-state index in [2.05, 4.69) is 17.1 Å². The van der Waals surface area contributed by atoms with Crippen molar-refractivity contribution in [1.82, 2.24) is 10.1 Å². The fourth-order valence-electron chi connectivity index (χ4n) is 1.04. The summed E-state index contributed by atoms with van der Waals surface area (Å²) in [6.45, 7) is 2.15. The Labute approximate surface area is 71.6 Å². The Hall–Kier alpha value is -1.06. The molecule has 0 bridgehead atoms. The first kappa shape index (κ1) is 7.58. The Kier molecular flexibility index (Phi) is 1.40. The number of anilines is 1. The van der Waals surface area contributed by atoms with Gasteiger partial charge in [0.05, 0.1) is 0 Å². The lowest BCUT2D eigenvalue weighted by molar-refractivity contribution is 0.352. The summed E-state index contributed by atoms with van der Waals surface area (Å²) in [5.41, 5.74) is 0.182. The van der Waals surface area contributed by atoms with E-state index in [4.69, 9.17) is 4.52 Å².